The number of nitrogens with two attached hydrogens (primary N) is 1. The molecule has 0 aliphatic rings. The van der Waals surface area contributed by atoms with Gasteiger partial charge in [0.25, 0.3) is 0 Å². The van der Waals surface area contributed by atoms with Gasteiger partial charge in [-0.25, -0.2) is 0 Å². The number of halogens is 1. The Labute approximate surface area is 109 Å². The van der Waals surface area contributed by atoms with E-state index in [4.69, 9.17) is 18.0 Å². The fourth-order valence-corrected chi connectivity index (χ4v) is 1.54. The van der Waals surface area contributed by atoms with Crippen molar-refractivity contribution in [2.24, 2.45) is 5.73 Å². The molecule has 0 saturated heterocycles. The molecule has 86 valence electrons. The van der Waals surface area contributed by atoms with Crippen LogP contribution in [0.1, 0.15) is 12.0 Å². The Hall–Kier alpha value is -0.940. The third-order valence-electron chi connectivity index (χ3n) is 1.97. The molecule has 16 heavy (non-hydrogen) atoms. The Morgan fingerprint density at radius 1 is 1.38 bits per heavy atom. The maximum Gasteiger partial charge on any atom is 0.224 e. The summed E-state index contributed by atoms with van der Waals surface area (Å²) in [5.74, 6) is -0.0152. The molecule has 1 rings (SSSR count). The van der Waals surface area contributed by atoms with Gasteiger partial charge in [0.05, 0.1) is 11.4 Å². The summed E-state index contributed by atoms with van der Waals surface area (Å²) in [4.78, 5) is 11.9. The summed E-state index contributed by atoms with van der Waals surface area (Å²) in [7, 11) is 0. The number of amides is 1. The van der Waals surface area contributed by atoms with Crippen molar-refractivity contribution in [3.05, 3.63) is 34.3 Å². The highest BCUT2D eigenvalue weighted by molar-refractivity contribution is 9.10. The van der Waals surface area contributed by atoms with Crippen LogP contribution in [-0.4, -0.2) is 17.4 Å². The van der Waals surface area contributed by atoms with Crippen molar-refractivity contribution in [2.45, 2.75) is 12.8 Å². The van der Waals surface area contributed by atoms with Crippen molar-refractivity contribution < 1.29 is 4.79 Å². The first-order chi connectivity index (χ1) is 7.58. The minimum absolute atomic E-state index is 0.0152. The number of hydrogen-bond donors (Lipinski definition) is 2. The van der Waals surface area contributed by atoms with E-state index in [2.05, 4.69) is 21.2 Å². The van der Waals surface area contributed by atoms with Crippen LogP contribution >= 0.6 is 28.1 Å². The van der Waals surface area contributed by atoms with E-state index in [1.165, 1.54) is 0 Å². The van der Waals surface area contributed by atoms with E-state index in [-0.39, 0.29) is 5.91 Å². The average Bonchev–Trinajstić information content (AvgIpc) is 2.21. The van der Waals surface area contributed by atoms with Crippen LogP contribution in [0.4, 0.5) is 0 Å². The van der Waals surface area contributed by atoms with E-state index in [0.29, 0.717) is 24.4 Å². The molecular weight excluding hydrogens is 288 g/mol. The molecule has 0 aromatic heterocycles. The van der Waals surface area contributed by atoms with Crippen molar-refractivity contribution >= 4 is 39.0 Å². The molecule has 1 aromatic carbocycles. The Kier molecular flexibility index (Phi) is 5.42. The predicted molar refractivity (Wildman–Crippen MR) is 72.3 cm³/mol. The molecule has 3 nitrogen and oxygen atoms in total. The summed E-state index contributed by atoms with van der Waals surface area (Å²) in [6, 6.07) is 7.66. The summed E-state index contributed by atoms with van der Waals surface area (Å²) in [6.45, 7) is 0.505. The second kappa shape index (κ2) is 6.60. The van der Waals surface area contributed by atoms with Gasteiger partial charge in [-0.3, -0.25) is 4.79 Å². The van der Waals surface area contributed by atoms with Crippen LogP contribution in [0.5, 0.6) is 0 Å². The van der Waals surface area contributed by atoms with Crippen molar-refractivity contribution in [2.75, 3.05) is 6.54 Å². The molecule has 0 saturated carbocycles. The fraction of sp³-hybridized carbons (Fsp3) is 0.273. The van der Waals surface area contributed by atoms with Gasteiger partial charge in [-0.15, -0.1) is 0 Å². The van der Waals surface area contributed by atoms with Crippen molar-refractivity contribution in [1.29, 1.82) is 0 Å². The Morgan fingerprint density at radius 3 is 2.56 bits per heavy atom. The summed E-state index contributed by atoms with van der Waals surface area (Å²) < 4.78 is 1.00. The minimum Gasteiger partial charge on any atom is -0.393 e. The molecule has 1 aromatic rings. The number of carbonyl (C=O) groups is 1. The normalized spacial score (nSPS) is 9.81. The summed E-state index contributed by atoms with van der Waals surface area (Å²) in [5, 5.41) is 2.76. The van der Waals surface area contributed by atoms with E-state index < -0.39 is 0 Å². The van der Waals surface area contributed by atoms with E-state index in [0.717, 1.165) is 10.0 Å². The topological polar surface area (TPSA) is 55.1 Å². The monoisotopic (exact) mass is 300 g/mol. The maximum atomic E-state index is 11.5. The molecule has 0 fully saturated rings. The van der Waals surface area contributed by atoms with Crippen LogP contribution in [0.3, 0.4) is 0 Å². The van der Waals surface area contributed by atoms with Crippen molar-refractivity contribution in [1.82, 2.24) is 5.32 Å². The SMILES string of the molecule is NC(=S)CCNC(=O)Cc1ccc(Br)cc1. The lowest BCUT2D eigenvalue weighted by Crippen LogP contribution is -2.28. The highest BCUT2D eigenvalue weighted by atomic mass is 79.9. The first-order valence-electron chi connectivity index (χ1n) is 4.87. The first-order valence-corrected chi connectivity index (χ1v) is 6.07. The number of benzene rings is 1. The molecule has 3 N–H and O–H groups in total. The standard InChI is InChI=1S/C11H13BrN2OS/c12-9-3-1-8(2-4-9)7-11(15)14-6-5-10(13)16/h1-4H,5-7H2,(H2,13,16)(H,14,15). The molecule has 0 aliphatic carbocycles. The van der Waals surface area contributed by atoms with E-state index >= 15 is 0 Å². The molecule has 0 spiro atoms. The van der Waals surface area contributed by atoms with Crippen molar-refractivity contribution in [3.63, 3.8) is 0 Å². The van der Waals surface area contributed by atoms with E-state index in [9.17, 15) is 4.79 Å². The molecular formula is C11H13BrN2OS. The second-order valence-electron chi connectivity index (χ2n) is 3.37. The Balaban J connectivity index is 2.34. The number of nitrogens with one attached hydrogen (secondary N) is 1. The molecule has 0 atom stereocenters. The lowest BCUT2D eigenvalue weighted by molar-refractivity contribution is -0.120. The minimum atomic E-state index is -0.0152. The highest BCUT2D eigenvalue weighted by Crippen LogP contribution is 2.10. The third-order valence-corrected chi connectivity index (χ3v) is 2.70. The Bertz CT molecular complexity index is 378. The van der Waals surface area contributed by atoms with Gasteiger partial charge in [0.1, 0.15) is 0 Å². The largest absolute Gasteiger partial charge is 0.393 e. The van der Waals surface area contributed by atoms with Gasteiger partial charge < -0.3 is 11.1 Å². The zero-order valence-electron chi connectivity index (χ0n) is 8.70. The van der Waals surface area contributed by atoms with Gasteiger partial charge >= 0.3 is 0 Å². The Morgan fingerprint density at radius 2 is 2.00 bits per heavy atom. The van der Waals surface area contributed by atoms with E-state index in [1.807, 2.05) is 24.3 Å². The van der Waals surface area contributed by atoms with Gasteiger partial charge in [0.2, 0.25) is 5.91 Å². The summed E-state index contributed by atoms with van der Waals surface area (Å²) >= 11 is 8.05. The van der Waals surface area contributed by atoms with E-state index in [1.54, 1.807) is 0 Å². The van der Waals surface area contributed by atoms with Gasteiger partial charge in [-0.05, 0) is 17.7 Å². The number of thiocarbonyl (C=S) groups is 1. The summed E-state index contributed by atoms with van der Waals surface area (Å²) in [5.41, 5.74) is 6.31. The highest BCUT2D eigenvalue weighted by Gasteiger charge is 2.02. The average molecular weight is 301 g/mol. The number of carbonyl (C=O) groups excluding carboxylic acids is 1. The van der Waals surface area contributed by atoms with Crippen LogP contribution in [0.25, 0.3) is 0 Å². The van der Waals surface area contributed by atoms with Crippen LogP contribution < -0.4 is 11.1 Å². The first kappa shape index (κ1) is 13.1. The summed E-state index contributed by atoms with van der Waals surface area (Å²) in [6.07, 6.45) is 0.923. The maximum absolute atomic E-state index is 11.5. The van der Waals surface area contributed by atoms with Gasteiger partial charge in [0.15, 0.2) is 0 Å². The zero-order valence-corrected chi connectivity index (χ0v) is 11.1. The molecule has 0 bridgehead atoms. The van der Waals surface area contributed by atoms with Crippen molar-refractivity contribution in [3.8, 4) is 0 Å². The van der Waals surface area contributed by atoms with Crippen LogP contribution in [0.2, 0.25) is 0 Å². The van der Waals surface area contributed by atoms with Crippen LogP contribution in [-0.2, 0) is 11.2 Å². The van der Waals surface area contributed by atoms with Crippen LogP contribution in [0, 0.1) is 0 Å². The molecule has 0 unspecified atom stereocenters. The lowest BCUT2D eigenvalue weighted by Gasteiger charge is -2.04. The molecule has 0 heterocycles. The third kappa shape index (κ3) is 5.23. The second-order valence-corrected chi connectivity index (χ2v) is 4.81. The van der Waals surface area contributed by atoms with Crippen LogP contribution in [0.15, 0.2) is 28.7 Å². The predicted octanol–water partition coefficient (Wildman–Crippen LogP) is 1.78. The number of hydrogen-bond acceptors (Lipinski definition) is 2. The molecule has 1 amide bonds. The van der Waals surface area contributed by atoms with Gasteiger partial charge in [-0.1, -0.05) is 40.3 Å². The van der Waals surface area contributed by atoms with Gasteiger partial charge in [-0.2, -0.15) is 0 Å². The molecule has 0 aliphatic heterocycles. The lowest BCUT2D eigenvalue weighted by atomic mass is 10.1. The smallest absolute Gasteiger partial charge is 0.224 e. The number of rotatable bonds is 5. The quantitative estimate of drug-likeness (QED) is 0.815. The fourth-order valence-electron chi connectivity index (χ4n) is 1.18. The molecule has 5 heteroatoms. The van der Waals surface area contributed by atoms with Gasteiger partial charge in [0, 0.05) is 17.4 Å². The molecule has 0 radical (unpaired) electrons. The zero-order chi connectivity index (χ0) is 12.0.